The van der Waals surface area contributed by atoms with E-state index in [0.29, 0.717) is 30.5 Å². The van der Waals surface area contributed by atoms with E-state index in [1.807, 2.05) is 24.3 Å². The number of rotatable bonds is 6. The van der Waals surface area contributed by atoms with Crippen LogP contribution in [0.15, 0.2) is 48.5 Å². The summed E-state index contributed by atoms with van der Waals surface area (Å²) in [5.74, 6) is 0. The highest BCUT2D eigenvalue weighted by molar-refractivity contribution is 7.92. The maximum atomic E-state index is 11.9. The molecule has 2 heterocycles. The van der Waals surface area contributed by atoms with E-state index < -0.39 is 28.3 Å². The minimum absolute atomic E-state index is 0.191. The molecule has 6 nitrogen and oxygen atoms in total. The van der Waals surface area contributed by atoms with Crippen LogP contribution in [0.5, 0.6) is 0 Å². The highest BCUT2D eigenvalue weighted by Gasteiger charge is 2.31. The first-order valence-corrected chi connectivity index (χ1v) is 12.5. The van der Waals surface area contributed by atoms with Gasteiger partial charge in [-0.15, -0.1) is 11.3 Å². The Morgan fingerprint density at radius 2 is 1.97 bits per heavy atom. The van der Waals surface area contributed by atoms with Crippen molar-refractivity contribution in [3.63, 3.8) is 0 Å². The predicted molar refractivity (Wildman–Crippen MR) is 119 cm³/mol. The van der Waals surface area contributed by atoms with Crippen molar-refractivity contribution in [1.29, 1.82) is 0 Å². The molecule has 160 valence electrons. The number of hydrogen-bond donors (Lipinski definition) is 3. The monoisotopic (exact) mass is 447 g/mol. The average Bonchev–Trinajstić information content (AvgIpc) is 3.09. The fraction of sp³-hybridized carbons (Fsp3) is 0.364. The minimum atomic E-state index is -3.48. The standard InChI is InChI=1S/C22H25NO5S2/c1-30(26,27)23-20-7-6-14(8-18-10-15-4-2-3-5-22(15)29-18)9-19(20)21-12-16(25)11-17(13-24)28-21/h2-7,9-10,16-17,21,23-25H,8,11-13H2,1H3. The van der Waals surface area contributed by atoms with Gasteiger partial charge in [-0.1, -0.05) is 30.3 Å². The molecule has 2 aromatic carbocycles. The highest BCUT2D eigenvalue weighted by atomic mass is 32.2. The molecule has 0 amide bonds. The molecule has 1 fully saturated rings. The normalized spacial score (nSPS) is 22.3. The summed E-state index contributed by atoms with van der Waals surface area (Å²) >= 11 is 1.74. The van der Waals surface area contributed by atoms with Crippen LogP contribution in [0.2, 0.25) is 0 Å². The van der Waals surface area contributed by atoms with Crippen LogP contribution >= 0.6 is 11.3 Å². The number of hydrogen-bond acceptors (Lipinski definition) is 6. The summed E-state index contributed by atoms with van der Waals surface area (Å²) in [4.78, 5) is 1.21. The Morgan fingerprint density at radius 1 is 1.17 bits per heavy atom. The van der Waals surface area contributed by atoms with Crippen LogP contribution in [0.1, 0.15) is 34.9 Å². The Labute approximate surface area is 180 Å². The summed E-state index contributed by atoms with van der Waals surface area (Å²) in [6.07, 6.45) is 0.941. The Morgan fingerprint density at radius 3 is 2.70 bits per heavy atom. The van der Waals surface area contributed by atoms with Gasteiger partial charge in [0.25, 0.3) is 0 Å². The molecule has 3 atom stereocenters. The van der Waals surface area contributed by atoms with E-state index in [4.69, 9.17) is 4.74 Å². The van der Waals surface area contributed by atoms with E-state index in [0.717, 1.165) is 11.8 Å². The van der Waals surface area contributed by atoms with Crippen molar-refractivity contribution < 1.29 is 23.4 Å². The maximum absolute atomic E-state index is 11.9. The third kappa shape index (κ3) is 5.01. The molecule has 1 aliphatic heterocycles. The van der Waals surface area contributed by atoms with Crippen molar-refractivity contribution >= 4 is 37.1 Å². The second-order valence-corrected chi connectivity index (χ2v) is 10.7. The fourth-order valence-electron chi connectivity index (χ4n) is 3.91. The summed E-state index contributed by atoms with van der Waals surface area (Å²) < 4.78 is 33.5. The molecule has 3 unspecified atom stereocenters. The number of ether oxygens (including phenoxy) is 1. The first-order valence-electron chi connectivity index (χ1n) is 9.83. The number of aliphatic hydroxyl groups is 2. The molecule has 0 spiro atoms. The van der Waals surface area contributed by atoms with Crippen molar-refractivity contribution in [1.82, 2.24) is 0 Å². The van der Waals surface area contributed by atoms with E-state index in [1.54, 1.807) is 17.4 Å². The van der Waals surface area contributed by atoms with E-state index >= 15 is 0 Å². The molecule has 0 aliphatic carbocycles. The zero-order valence-corrected chi connectivity index (χ0v) is 18.2. The summed E-state index contributed by atoms with van der Waals surface area (Å²) in [5.41, 5.74) is 2.14. The number of sulfonamides is 1. The van der Waals surface area contributed by atoms with Crippen molar-refractivity contribution in [3.05, 3.63) is 64.5 Å². The molecule has 3 aromatic rings. The smallest absolute Gasteiger partial charge is 0.229 e. The first-order chi connectivity index (χ1) is 14.3. The van der Waals surface area contributed by atoms with Gasteiger partial charge in [0.2, 0.25) is 10.0 Å². The lowest BCUT2D eigenvalue weighted by molar-refractivity contribution is -0.113. The van der Waals surface area contributed by atoms with E-state index in [9.17, 15) is 18.6 Å². The van der Waals surface area contributed by atoms with E-state index in [-0.39, 0.29) is 6.61 Å². The van der Waals surface area contributed by atoms with Crippen molar-refractivity contribution in [2.45, 2.75) is 37.6 Å². The highest BCUT2D eigenvalue weighted by Crippen LogP contribution is 2.37. The van der Waals surface area contributed by atoms with Crippen LogP contribution < -0.4 is 4.72 Å². The van der Waals surface area contributed by atoms with Gasteiger partial charge in [-0.05, 0) is 29.1 Å². The van der Waals surface area contributed by atoms with Gasteiger partial charge in [0, 0.05) is 34.4 Å². The molecule has 30 heavy (non-hydrogen) atoms. The quantitative estimate of drug-likeness (QED) is 0.538. The van der Waals surface area contributed by atoms with Crippen molar-refractivity contribution in [2.75, 3.05) is 17.6 Å². The van der Waals surface area contributed by atoms with Crippen LogP contribution in [0.3, 0.4) is 0 Å². The van der Waals surface area contributed by atoms with Crippen molar-refractivity contribution in [3.8, 4) is 0 Å². The van der Waals surface area contributed by atoms with Gasteiger partial charge in [-0.25, -0.2) is 8.42 Å². The third-order valence-corrected chi connectivity index (χ3v) is 6.90. The van der Waals surface area contributed by atoms with Gasteiger partial charge in [0.05, 0.1) is 36.9 Å². The molecule has 0 radical (unpaired) electrons. The molecular formula is C22H25NO5S2. The molecule has 1 saturated heterocycles. The molecule has 0 saturated carbocycles. The number of anilines is 1. The van der Waals surface area contributed by atoms with E-state index in [2.05, 4.69) is 22.9 Å². The number of benzene rings is 2. The zero-order valence-electron chi connectivity index (χ0n) is 16.6. The predicted octanol–water partition coefficient (Wildman–Crippen LogP) is 3.44. The molecule has 3 N–H and O–H groups in total. The van der Waals surface area contributed by atoms with Gasteiger partial charge in [-0.2, -0.15) is 0 Å². The van der Waals surface area contributed by atoms with Gasteiger partial charge in [-0.3, -0.25) is 4.72 Å². The number of nitrogens with one attached hydrogen (secondary N) is 1. The van der Waals surface area contributed by atoms with Crippen LogP contribution in [-0.2, 0) is 21.2 Å². The molecule has 1 aromatic heterocycles. The second kappa shape index (κ2) is 8.64. The molecule has 0 bridgehead atoms. The third-order valence-electron chi connectivity index (χ3n) is 5.19. The zero-order chi connectivity index (χ0) is 21.3. The number of thiophene rings is 1. The molecular weight excluding hydrogens is 422 g/mol. The Hall–Kier alpha value is -1.97. The molecule has 4 rings (SSSR count). The summed E-state index contributed by atoms with van der Waals surface area (Å²) in [6.45, 7) is -0.191. The van der Waals surface area contributed by atoms with Crippen molar-refractivity contribution in [2.24, 2.45) is 0 Å². The topological polar surface area (TPSA) is 95.9 Å². The van der Waals surface area contributed by atoms with Crippen LogP contribution in [-0.4, -0.2) is 43.7 Å². The Kier molecular flexibility index (Phi) is 6.13. The van der Waals surface area contributed by atoms with Crippen LogP contribution in [0.25, 0.3) is 10.1 Å². The Bertz CT molecular complexity index is 1110. The SMILES string of the molecule is CS(=O)(=O)Nc1ccc(Cc2cc3ccccc3s2)cc1C1CC(O)CC(CO)O1. The van der Waals surface area contributed by atoms with Gasteiger partial charge in [0.15, 0.2) is 0 Å². The number of fused-ring (bicyclic) bond motifs is 1. The van der Waals surface area contributed by atoms with Gasteiger partial charge in [0.1, 0.15) is 0 Å². The largest absolute Gasteiger partial charge is 0.394 e. The molecule has 1 aliphatic rings. The van der Waals surface area contributed by atoms with Gasteiger partial charge >= 0.3 is 0 Å². The van der Waals surface area contributed by atoms with Gasteiger partial charge < -0.3 is 14.9 Å². The summed E-state index contributed by atoms with van der Waals surface area (Å²) in [5, 5.41) is 20.9. The number of aliphatic hydroxyl groups excluding tert-OH is 2. The maximum Gasteiger partial charge on any atom is 0.229 e. The van der Waals surface area contributed by atoms with E-state index in [1.165, 1.54) is 15.0 Å². The summed E-state index contributed by atoms with van der Waals surface area (Å²) in [7, 11) is -3.48. The first kappa shape index (κ1) is 21.3. The minimum Gasteiger partial charge on any atom is -0.394 e. The van der Waals surface area contributed by atoms with Crippen LogP contribution in [0.4, 0.5) is 5.69 Å². The Balaban J connectivity index is 1.68. The fourth-order valence-corrected chi connectivity index (χ4v) is 5.60. The average molecular weight is 448 g/mol. The molecule has 8 heteroatoms. The van der Waals surface area contributed by atoms with Crippen LogP contribution in [0, 0.1) is 0 Å². The summed E-state index contributed by atoms with van der Waals surface area (Å²) in [6, 6.07) is 16.0. The lowest BCUT2D eigenvalue weighted by Crippen LogP contribution is -2.34. The second-order valence-electron chi connectivity index (χ2n) is 7.78. The lowest BCUT2D eigenvalue weighted by Gasteiger charge is -2.33. The lowest BCUT2D eigenvalue weighted by atomic mass is 9.93.